The molecule has 0 atom stereocenters. The van der Waals surface area contributed by atoms with Gasteiger partial charge in [-0.3, -0.25) is 0 Å². The lowest BCUT2D eigenvalue weighted by atomic mass is 10.2. The summed E-state index contributed by atoms with van der Waals surface area (Å²) in [7, 11) is 0. The Kier molecular flexibility index (Phi) is 3.74. The van der Waals surface area contributed by atoms with Gasteiger partial charge in [0.1, 0.15) is 5.75 Å². The van der Waals surface area contributed by atoms with Crippen molar-refractivity contribution in [3.05, 3.63) is 59.7 Å². The first kappa shape index (κ1) is 12.0. The van der Waals surface area contributed by atoms with E-state index < -0.39 is 11.6 Å². The van der Waals surface area contributed by atoms with Gasteiger partial charge in [0.2, 0.25) is 5.82 Å². The summed E-state index contributed by atoms with van der Waals surface area (Å²) in [5.41, 5.74) is 1.08. The zero-order chi connectivity index (χ0) is 12.3. The van der Waals surface area contributed by atoms with Crippen LogP contribution in [0.5, 0.6) is 11.5 Å². The molecule has 1 nitrogen and oxygen atoms in total. The highest BCUT2D eigenvalue weighted by atomic mass is 79.9. The molecule has 0 aliphatic rings. The van der Waals surface area contributed by atoms with E-state index in [1.807, 2.05) is 12.1 Å². The Morgan fingerprint density at radius 3 is 2.35 bits per heavy atom. The summed E-state index contributed by atoms with van der Waals surface area (Å²) in [5.74, 6) is -1.53. The van der Waals surface area contributed by atoms with Gasteiger partial charge in [0.15, 0.2) is 11.6 Å². The maximum atomic E-state index is 13.3. The SMILES string of the molecule is Fc1cccc(Oc2ccc(CBr)cc2)c1F. The zero-order valence-corrected chi connectivity index (χ0v) is 10.4. The van der Waals surface area contributed by atoms with Crippen LogP contribution in [0.15, 0.2) is 42.5 Å². The van der Waals surface area contributed by atoms with E-state index in [4.69, 9.17) is 4.74 Å². The highest BCUT2D eigenvalue weighted by Crippen LogP contribution is 2.26. The molecule has 0 aromatic heterocycles. The van der Waals surface area contributed by atoms with Crippen LogP contribution < -0.4 is 4.74 Å². The number of alkyl halides is 1. The van der Waals surface area contributed by atoms with Crippen molar-refractivity contribution in [3.8, 4) is 11.5 Å². The van der Waals surface area contributed by atoms with Crippen LogP contribution in [0.1, 0.15) is 5.56 Å². The van der Waals surface area contributed by atoms with E-state index in [-0.39, 0.29) is 5.75 Å². The van der Waals surface area contributed by atoms with Crippen LogP contribution in [0.4, 0.5) is 8.78 Å². The summed E-state index contributed by atoms with van der Waals surface area (Å²) >= 11 is 3.32. The van der Waals surface area contributed by atoms with Crippen molar-refractivity contribution in [3.63, 3.8) is 0 Å². The predicted molar refractivity (Wildman–Crippen MR) is 65.5 cm³/mol. The number of ether oxygens (including phenoxy) is 1. The summed E-state index contributed by atoms with van der Waals surface area (Å²) < 4.78 is 31.5. The van der Waals surface area contributed by atoms with Gasteiger partial charge in [-0.05, 0) is 29.8 Å². The lowest BCUT2D eigenvalue weighted by molar-refractivity contribution is 0.416. The average molecular weight is 299 g/mol. The maximum absolute atomic E-state index is 13.3. The molecule has 0 fully saturated rings. The Labute approximate surface area is 106 Å². The van der Waals surface area contributed by atoms with Crippen LogP contribution in [-0.4, -0.2) is 0 Å². The van der Waals surface area contributed by atoms with Gasteiger partial charge in [-0.2, -0.15) is 4.39 Å². The van der Waals surface area contributed by atoms with Crippen LogP contribution >= 0.6 is 15.9 Å². The molecule has 0 amide bonds. The van der Waals surface area contributed by atoms with Crippen LogP contribution in [-0.2, 0) is 5.33 Å². The summed E-state index contributed by atoms with van der Waals surface area (Å²) in [6, 6.07) is 11.0. The van der Waals surface area contributed by atoms with Crippen molar-refractivity contribution < 1.29 is 13.5 Å². The maximum Gasteiger partial charge on any atom is 0.201 e. The molecule has 0 bridgehead atoms. The molecule has 0 unspecified atom stereocenters. The van der Waals surface area contributed by atoms with E-state index in [9.17, 15) is 8.78 Å². The molecule has 0 saturated carbocycles. The molecule has 0 radical (unpaired) electrons. The minimum atomic E-state index is -0.975. The molecule has 0 aliphatic carbocycles. The second-order valence-electron chi connectivity index (χ2n) is 3.43. The standard InChI is InChI=1S/C13H9BrF2O/c14-8-9-4-6-10(7-5-9)17-12-3-1-2-11(15)13(12)16/h1-7H,8H2. The monoisotopic (exact) mass is 298 g/mol. The molecule has 2 aromatic rings. The number of hydrogen-bond acceptors (Lipinski definition) is 1. The van der Waals surface area contributed by atoms with Crippen molar-refractivity contribution in [1.82, 2.24) is 0 Å². The van der Waals surface area contributed by atoms with E-state index in [2.05, 4.69) is 15.9 Å². The fourth-order valence-corrected chi connectivity index (χ4v) is 1.71. The first-order valence-corrected chi connectivity index (χ1v) is 6.09. The van der Waals surface area contributed by atoms with Crippen LogP contribution in [0.25, 0.3) is 0 Å². The largest absolute Gasteiger partial charge is 0.454 e. The van der Waals surface area contributed by atoms with Crippen LogP contribution in [0.2, 0.25) is 0 Å². The lowest BCUT2D eigenvalue weighted by Gasteiger charge is -2.07. The number of benzene rings is 2. The normalized spacial score (nSPS) is 10.3. The average Bonchev–Trinajstić information content (AvgIpc) is 2.36. The molecule has 0 aliphatic heterocycles. The van der Waals surface area contributed by atoms with E-state index >= 15 is 0 Å². The van der Waals surface area contributed by atoms with Crippen molar-refractivity contribution in [2.75, 3.05) is 0 Å². The summed E-state index contributed by atoms with van der Waals surface area (Å²) in [6.07, 6.45) is 0. The number of halogens is 3. The van der Waals surface area contributed by atoms with Gasteiger partial charge in [-0.15, -0.1) is 0 Å². The molecule has 0 saturated heterocycles. The summed E-state index contributed by atoms with van der Waals surface area (Å²) in [6.45, 7) is 0. The smallest absolute Gasteiger partial charge is 0.201 e. The van der Waals surface area contributed by atoms with Crippen molar-refractivity contribution in [2.45, 2.75) is 5.33 Å². The van der Waals surface area contributed by atoms with E-state index in [0.29, 0.717) is 5.75 Å². The molecule has 17 heavy (non-hydrogen) atoms. The quantitative estimate of drug-likeness (QED) is 0.749. The Morgan fingerprint density at radius 1 is 1.00 bits per heavy atom. The minimum absolute atomic E-state index is 0.114. The Bertz CT molecular complexity index is 511. The Balaban J connectivity index is 2.22. The third-order valence-corrected chi connectivity index (χ3v) is 2.87. The molecule has 88 valence electrons. The van der Waals surface area contributed by atoms with Crippen molar-refractivity contribution in [1.29, 1.82) is 0 Å². The van der Waals surface area contributed by atoms with Gasteiger partial charge in [-0.25, -0.2) is 4.39 Å². The van der Waals surface area contributed by atoms with Gasteiger partial charge >= 0.3 is 0 Å². The van der Waals surface area contributed by atoms with Crippen LogP contribution in [0.3, 0.4) is 0 Å². The molecule has 2 rings (SSSR count). The highest BCUT2D eigenvalue weighted by Gasteiger charge is 2.09. The fourth-order valence-electron chi connectivity index (χ4n) is 1.34. The van der Waals surface area contributed by atoms with Gasteiger partial charge in [0, 0.05) is 5.33 Å². The number of hydrogen-bond donors (Lipinski definition) is 0. The molecular weight excluding hydrogens is 290 g/mol. The summed E-state index contributed by atoms with van der Waals surface area (Å²) in [5, 5.41) is 0.738. The predicted octanol–water partition coefficient (Wildman–Crippen LogP) is 4.65. The molecule has 4 heteroatoms. The molecule has 0 spiro atoms. The van der Waals surface area contributed by atoms with E-state index in [0.717, 1.165) is 17.0 Å². The highest BCUT2D eigenvalue weighted by molar-refractivity contribution is 9.08. The molecular formula is C13H9BrF2O. The third kappa shape index (κ3) is 2.82. The fraction of sp³-hybridized carbons (Fsp3) is 0.0769. The minimum Gasteiger partial charge on any atom is -0.454 e. The van der Waals surface area contributed by atoms with Crippen LogP contribution in [0, 0.1) is 11.6 Å². The zero-order valence-electron chi connectivity index (χ0n) is 8.79. The third-order valence-electron chi connectivity index (χ3n) is 2.22. The molecule has 0 heterocycles. The molecule has 2 aromatic carbocycles. The first-order valence-electron chi connectivity index (χ1n) is 4.97. The van der Waals surface area contributed by atoms with Gasteiger partial charge in [0.05, 0.1) is 0 Å². The first-order chi connectivity index (χ1) is 8.20. The number of rotatable bonds is 3. The topological polar surface area (TPSA) is 9.23 Å². The van der Waals surface area contributed by atoms with E-state index in [1.54, 1.807) is 12.1 Å². The van der Waals surface area contributed by atoms with Gasteiger partial charge in [-0.1, -0.05) is 34.1 Å². The van der Waals surface area contributed by atoms with E-state index in [1.165, 1.54) is 12.1 Å². The van der Waals surface area contributed by atoms with Gasteiger partial charge < -0.3 is 4.74 Å². The second kappa shape index (κ2) is 5.27. The second-order valence-corrected chi connectivity index (χ2v) is 3.99. The summed E-state index contributed by atoms with van der Waals surface area (Å²) in [4.78, 5) is 0. The Hall–Kier alpha value is -1.42. The van der Waals surface area contributed by atoms with Crippen molar-refractivity contribution in [2.24, 2.45) is 0 Å². The Morgan fingerprint density at radius 2 is 1.71 bits per heavy atom. The van der Waals surface area contributed by atoms with Crippen molar-refractivity contribution >= 4 is 15.9 Å². The van der Waals surface area contributed by atoms with Gasteiger partial charge in [0.25, 0.3) is 0 Å². The lowest BCUT2D eigenvalue weighted by Crippen LogP contribution is -1.91. The molecule has 0 N–H and O–H groups in total.